The van der Waals surface area contributed by atoms with Gasteiger partial charge in [0, 0.05) is 53.1 Å². The fourth-order valence-electron chi connectivity index (χ4n) is 6.96. The monoisotopic (exact) mass is 686 g/mol. The molecule has 1 atom stereocenters. The van der Waals surface area contributed by atoms with Crippen LogP contribution < -0.4 is 9.46 Å². The van der Waals surface area contributed by atoms with E-state index in [1.807, 2.05) is 58.2 Å². The maximum atomic E-state index is 13.3. The Morgan fingerprint density at radius 3 is 2.49 bits per heavy atom. The van der Waals surface area contributed by atoms with Crippen LogP contribution in [0.5, 0.6) is 5.75 Å². The minimum atomic E-state index is -3.83. The predicted molar refractivity (Wildman–Crippen MR) is 186 cm³/mol. The number of para-hydroxylation sites is 1. The van der Waals surface area contributed by atoms with Crippen molar-refractivity contribution in [3.63, 3.8) is 0 Å². The van der Waals surface area contributed by atoms with Crippen molar-refractivity contribution in [1.82, 2.24) is 19.1 Å². The molecule has 1 fully saturated rings. The third-order valence-electron chi connectivity index (χ3n) is 9.48. The van der Waals surface area contributed by atoms with E-state index in [9.17, 15) is 23.1 Å². The van der Waals surface area contributed by atoms with Crippen LogP contribution in [-0.2, 0) is 16.6 Å². The maximum Gasteiger partial charge on any atom is 0.407 e. The Hall–Kier alpha value is -3.28. The Balaban J connectivity index is 1.61. The summed E-state index contributed by atoms with van der Waals surface area (Å²) in [7, 11) is -1.85. The van der Waals surface area contributed by atoms with Gasteiger partial charge in [0.25, 0.3) is 5.91 Å². The molecule has 2 heterocycles. The molecular weight excluding hydrogens is 640 g/mol. The Labute approximate surface area is 283 Å². The maximum absolute atomic E-state index is 13.3. The standard InChI is InChI=1S/C35H47ClN4O6S/c1-35(2,3)40(34(42)43)19-18-38(4)26-22-39-29-21-25(33(41)37-47(44,45)20-10-17-36)15-16-27(29)31(24-11-6-5-7-12-24)32(39)28-13-8-9-14-30(28)46-23-26/h8-9,13-16,21,24,26H,5-7,10-12,17-20,22-23H2,1-4H3,(H,37,41)(H,42,43)/t26-/m1/s1. The van der Waals surface area contributed by atoms with Crippen LogP contribution in [0.1, 0.15) is 81.1 Å². The van der Waals surface area contributed by atoms with E-state index in [-0.39, 0.29) is 29.7 Å². The van der Waals surface area contributed by atoms with E-state index in [0.29, 0.717) is 32.2 Å². The molecule has 1 aliphatic carbocycles. The highest BCUT2D eigenvalue weighted by molar-refractivity contribution is 7.90. The molecule has 1 aromatic heterocycles. The van der Waals surface area contributed by atoms with Crippen LogP contribution in [0.2, 0.25) is 0 Å². The molecule has 2 aromatic carbocycles. The first-order valence-corrected chi connectivity index (χ1v) is 18.7. The van der Waals surface area contributed by atoms with Gasteiger partial charge in [-0.05, 0) is 82.8 Å². The Kier molecular flexibility index (Phi) is 10.8. The first-order valence-electron chi connectivity index (χ1n) is 16.5. The zero-order chi connectivity index (χ0) is 33.9. The number of amides is 2. The molecule has 2 aliphatic rings. The smallest absolute Gasteiger partial charge is 0.407 e. The van der Waals surface area contributed by atoms with Gasteiger partial charge in [0.05, 0.1) is 17.5 Å². The third-order valence-corrected chi connectivity index (χ3v) is 11.1. The van der Waals surface area contributed by atoms with Gasteiger partial charge in [0.1, 0.15) is 12.4 Å². The summed E-state index contributed by atoms with van der Waals surface area (Å²) < 4.78 is 36.2. The molecule has 2 amide bonds. The SMILES string of the molecule is CN(CCN(C(=O)O)C(C)(C)C)[C@H]1COc2ccccc2-c2c(C3CCCCC3)c3ccc(C(=O)NS(=O)(=O)CCCCl)cc3n2C1. The number of carbonyl (C=O) groups excluding carboxylic acids is 1. The number of nitrogens with one attached hydrogen (secondary N) is 1. The molecule has 1 saturated carbocycles. The van der Waals surface area contributed by atoms with Gasteiger partial charge in [-0.1, -0.05) is 37.5 Å². The minimum absolute atomic E-state index is 0.124. The second kappa shape index (κ2) is 14.5. The molecule has 0 spiro atoms. The second-order valence-corrected chi connectivity index (χ2v) is 16.0. The average Bonchev–Trinajstić information content (AvgIpc) is 3.32. The van der Waals surface area contributed by atoms with Crippen LogP contribution in [0.25, 0.3) is 22.2 Å². The highest BCUT2D eigenvalue weighted by atomic mass is 35.5. The molecule has 1 aliphatic heterocycles. The number of alkyl halides is 1. The van der Waals surface area contributed by atoms with E-state index in [4.69, 9.17) is 16.3 Å². The summed E-state index contributed by atoms with van der Waals surface area (Å²) in [6.45, 7) is 7.41. The Bertz CT molecular complexity index is 1710. The lowest BCUT2D eigenvalue weighted by atomic mass is 9.81. The zero-order valence-corrected chi connectivity index (χ0v) is 29.4. The van der Waals surface area contributed by atoms with E-state index >= 15 is 0 Å². The van der Waals surface area contributed by atoms with Crippen LogP contribution in [0.3, 0.4) is 0 Å². The summed E-state index contributed by atoms with van der Waals surface area (Å²) in [4.78, 5) is 29.0. The summed E-state index contributed by atoms with van der Waals surface area (Å²) in [5, 5.41) is 10.9. The molecule has 0 bridgehead atoms. The summed E-state index contributed by atoms with van der Waals surface area (Å²) in [6, 6.07) is 13.4. The number of aromatic nitrogens is 1. The van der Waals surface area contributed by atoms with Crippen molar-refractivity contribution in [2.75, 3.05) is 38.4 Å². The van der Waals surface area contributed by atoms with Crippen molar-refractivity contribution in [2.45, 2.75) is 83.3 Å². The van der Waals surface area contributed by atoms with Crippen LogP contribution in [-0.4, -0.2) is 89.8 Å². The van der Waals surface area contributed by atoms with Crippen molar-refractivity contribution in [2.24, 2.45) is 0 Å². The second-order valence-electron chi connectivity index (χ2n) is 13.8. The van der Waals surface area contributed by atoms with Crippen molar-refractivity contribution in [3.8, 4) is 17.0 Å². The predicted octanol–water partition coefficient (Wildman–Crippen LogP) is 6.52. The first kappa shape index (κ1) is 35.0. The lowest BCUT2D eigenvalue weighted by Crippen LogP contribution is -2.50. The molecule has 5 rings (SSSR count). The van der Waals surface area contributed by atoms with E-state index in [1.54, 1.807) is 6.07 Å². The number of likely N-dealkylation sites (N-methyl/N-ethyl adjacent to an activating group) is 1. The van der Waals surface area contributed by atoms with E-state index in [0.717, 1.165) is 53.6 Å². The molecule has 0 saturated heterocycles. The summed E-state index contributed by atoms with van der Waals surface area (Å²) >= 11 is 5.70. The molecule has 256 valence electrons. The molecule has 12 heteroatoms. The number of hydrogen-bond acceptors (Lipinski definition) is 6. The van der Waals surface area contributed by atoms with E-state index in [1.165, 1.54) is 16.9 Å². The number of halogens is 1. The third kappa shape index (κ3) is 7.90. The molecular formula is C35H47ClN4O6S. The van der Waals surface area contributed by atoms with Crippen LogP contribution in [0.15, 0.2) is 42.5 Å². The number of rotatable bonds is 10. The summed E-state index contributed by atoms with van der Waals surface area (Å²) in [5.41, 5.74) is 3.88. The Morgan fingerprint density at radius 1 is 1.09 bits per heavy atom. The topological polar surface area (TPSA) is 121 Å². The summed E-state index contributed by atoms with van der Waals surface area (Å²) in [5.74, 6) is 0.396. The number of nitrogens with zero attached hydrogens (tertiary/aromatic N) is 3. The van der Waals surface area contributed by atoms with E-state index in [2.05, 4.69) is 20.3 Å². The van der Waals surface area contributed by atoms with Crippen molar-refractivity contribution in [1.29, 1.82) is 0 Å². The quantitative estimate of drug-likeness (QED) is 0.233. The number of carboxylic acid groups (broad SMARTS) is 1. The van der Waals surface area contributed by atoms with Gasteiger partial charge in [-0.3, -0.25) is 9.69 Å². The largest absolute Gasteiger partial charge is 0.491 e. The van der Waals surface area contributed by atoms with Gasteiger partial charge in [0.15, 0.2) is 0 Å². The number of benzene rings is 2. The fourth-order valence-corrected chi connectivity index (χ4v) is 8.28. The number of ether oxygens (including phenoxy) is 1. The molecule has 3 aromatic rings. The van der Waals surface area contributed by atoms with Crippen LogP contribution in [0.4, 0.5) is 4.79 Å². The summed E-state index contributed by atoms with van der Waals surface area (Å²) in [6.07, 6.45) is 4.93. The molecule has 10 nitrogen and oxygen atoms in total. The van der Waals surface area contributed by atoms with Gasteiger partial charge in [-0.15, -0.1) is 11.6 Å². The Morgan fingerprint density at radius 2 is 1.81 bits per heavy atom. The average molecular weight is 687 g/mol. The molecule has 0 unspecified atom stereocenters. The minimum Gasteiger partial charge on any atom is -0.491 e. The van der Waals surface area contributed by atoms with E-state index < -0.39 is 27.6 Å². The molecule has 47 heavy (non-hydrogen) atoms. The first-order chi connectivity index (χ1) is 22.3. The lowest BCUT2D eigenvalue weighted by molar-refractivity contribution is 0.0806. The molecule has 2 N–H and O–H groups in total. The van der Waals surface area contributed by atoms with Gasteiger partial charge >= 0.3 is 6.09 Å². The van der Waals surface area contributed by atoms with Crippen molar-refractivity contribution >= 4 is 44.5 Å². The lowest BCUT2D eigenvalue weighted by Gasteiger charge is -2.37. The highest BCUT2D eigenvalue weighted by Gasteiger charge is 2.33. The van der Waals surface area contributed by atoms with Crippen LogP contribution >= 0.6 is 11.6 Å². The fraction of sp³-hybridized carbons (Fsp3) is 0.543. The molecule has 0 radical (unpaired) electrons. The number of sulfonamides is 1. The van der Waals surface area contributed by atoms with Crippen LogP contribution in [0, 0.1) is 0 Å². The number of fused-ring (bicyclic) bond motifs is 5. The number of hydrogen-bond donors (Lipinski definition) is 2. The van der Waals surface area contributed by atoms with Gasteiger partial charge in [0.2, 0.25) is 10.0 Å². The normalized spacial score (nSPS) is 17.4. The zero-order valence-electron chi connectivity index (χ0n) is 27.8. The van der Waals surface area contributed by atoms with Crippen molar-refractivity contribution in [3.05, 3.63) is 53.6 Å². The van der Waals surface area contributed by atoms with Gasteiger partial charge in [-0.25, -0.2) is 17.9 Å². The highest BCUT2D eigenvalue weighted by Crippen LogP contribution is 2.47. The van der Waals surface area contributed by atoms with Crippen molar-refractivity contribution < 1.29 is 27.9 Å². The van der Waals surface area contributed by atoms with Gasteiger partial charge < -0.3 is 19.3 Å². The number of carbonyl (C=O) groups is 2. The van der Waals surface area contributed by atoms with Gasteiger partial charge in [-0.2, -0.15) is 0 Å².